The number of sulfonamides is 1. The number of aromatic nitrogens is 2. The van der Waals surface area contributed by atoms with Gasteiger partial charge in [-0.3, -0.25) is 19.3 Å². The van der Waals surface area contributed by atoms with Gasteiger partial charge in [0.2, 0.25) is 0 Å². The van der Waals surface area contributed by atoms with Crippen molar-refractivity contribution >= 4 is 43.2 Å². The summed E-state index contributed by atoms with van der Waals surface area (Å²) in [4.78, 5) is 30.9. The van der Waals surface area contributed by atoms with Crippen molar-refractivity contribution in [3.05, 3.63) is 81.2 Å². The number of amides is 1. The number of anilines is 1. The predicted octanol–water partition coefficient (Wildman–Crippen LogP) is 2.91. The molecule has 0 saturated carbocycles. The summed E-state index contributed by atoms with van der Waals surface area (Å²) in [6, 6.07) is 13.1. The average Bonchev–Trinajstić information content (AvgIpc) is 3.48. The van der Waals surface area contributed by atoms with Crippen molar-refractivity contribution in [2.24, 2.45) is 0 Å². The van der Waals surface area contributed by atoms with E-state index in [9.17, 15) is 18.0 Å². The fourth-order valence-electron chi connectivity index (χ4n) is 4.02. The van der Waals surface area contributed by atoms with E-state index in [0.717, 1.165) is 10.2 Å². The molecule has 2 aromatic carbocycles. The van der Waals surface area contributed by atoms with Crippen molar-refractivity contribution in [3.8, 4) is 5.75 Å². The second-order valence-corrected chi connectivity index (χ2v) is 10.5. The molecular weight excluding hydrogens is 476 g/mol. The standard InChI is InChI=1S/C23H20N4O5S2/c1-14-24-22-17(10-12-33-22)23(29)27(14)25-21(28)18-13-16(7-8-20(18)32-2)34(30,31)26-11-9-15-5-3-4-6-19(15)26/h3-8,10,12-13H,9,11H2,1-2H3,(H,25,28). The molecule has 174 valence electrons. The number of hydrogen-bond donors (Lipinski definition) is 1. The van der Waals surface area contributed by atoms with Crippen LogP contribution in [0.3, 0.4) is 0 Å². The van der Waals surface area contributed by atoms with Crippen molar-refractivity contribution in [2.75, 3.05) is 23.4 Å². The van der Waals surface area contributed by atoms with E-state index in [2.05, 4.69) is 10.4 Å². The highest BCUT2D eigenvalue weighted by molar-refractivity contribution is 7.92. The lowest BCUT2D eigenvalue weighted by Gasteiger charge is -2.20. The second-order valence-electron chi connectivity index (χ2n) is 7.70. The monoisotopic (exact) mass is 496 g/mol. The number of methoxy groups -OCH3 is 1. The molecule has 1 aliphatic rings. The lowest BCUT2D eigenvalue weighted by molar-refractivity contribution is 0.100. The topological polar surface area (TPSA) is 111 Å². The minimum Gasteiger partial charge on any atom is -0.496 e. The van der Waals surface area contributed by atoms with Gasteiger partial charge >= 0.3 is 0 Å². The molecule has 4 aromatic rings. The molecule has 0 bridgehead atoms. The third-order valence-corrected chi connectivity index (χ3v) is 8.34. The molecule has 2 aromatic heterocycles. The number of ether oxygens (including phenoxy) is 1. The van der Waals surface area contributed by atoms with Gasteiger partial charge in [-0.1, -0.05) is 18.2 Å². The van der Waals surface area contributed by atoms with Crippen molar-refractivity contribution in [1.29, 1.82) is 0 Å². The molecule has 9 nitrogen and oxygen atoms in total. The minimum absolute atomic E-state index is 0.0206. The molecule has 0 saturated heterocycles. The van der Waals surface area contributed by atoms with Crippen LogP contribution in [0.15, 0.2) is 63.6 Å². The van der Waals surface area contributed by atoms with E-state index in [1.165, 1.54) is 41.0 Å². The van der Waals surface area contributed by atoms with Gasteiger partial charge in [-0.2, -0.15) is 0 Å². The van der Waals surface area contributed by atoms with Gasteiger partial charge in [0.15, 0.2) is 0 Å². The Morgan fingerprint density at radius 2 is 1.97 bits per heavy atom. The Labute approximate surface area is 199 Å². The van der Waals surface area contributed by atoms with Crippen LogP contribution in [0.2, 0.25) is 0 Å². The largest absolute Gasteiger partial charge is 0.496 e. The molecule has 11 heteroatoms. The third-order valence-electron chi connectivity index (χ3n) is 5.73. The average molecular weight is 497 g/mol. The zero-order chi connectivity index (χ0) is 24.0. The Morgan fingerprint density at radius 3 is 2.76 bits per heavy atom. The number of fused-ring (bicyclic) bond motifs is 2. The van der Waals surface area contributed by atoms with Crippen molar-refractivity contribution in [3.63, 3.8) is 0 Å². The van der Waals surface area contributed by atoms with Crippen LogP contribution in [0.5, 0.6) is 5.75 Å². The number of thiophene rings is 1. The molecule has 1 N–H and O–H groups in total. The summed E-state index contributed by atoms with van der Waals surface area (Å²) in [7, 11) is -2.54. The predicted molar refractivity (Wildman–Crippen MR) is 130 cm³/mol. The molecule has 0 radical (unpaired) electrons. The molecule has 0 atom stereocenters. The highest BCUT2D eigenvalue weighted by Crippen LogP contribution is 2.34. The number of hydrogen-bond acceptors (Lipinski definition) is 7. The van der Waals surface area contributed by atoms with Crippen LogP contribution < -0.4 is 20.0 Å². The summed E-state index contributed by atoms with van der Waals surface area (Å²) in [6.45, 7) is 1.92. The van der Waals surface area contributed by atoms with Gasteiger partial charge in [-0.05, 0) is 54.6 Å². The zero-order valence-corrected chi connectivity index (χ0v) is 19.9. The maximum Gasteiger partial charge on any atom is 0.281 e. The molecule has 34 heavy (non-hydrogen) atoms. The van der Waals surface area contributed by atoms with E-state index in [4.69, 9.17) is 4.74 Å². The summed E-state index contributed by atoms with van der Waals surface area (Å²) < 4.78 is 34.6. The third kappa shape index (κ3) is 3.53. The molecule has 1 aliphatic heterocycles. The van der Waals surface area contributed by atoms with Crippen molar-refractivity contribution in [1.82, 2.24) is 9.66 Å². The Kier molecular flexibility index (Phi) is 5.37. The van der Waals surface area contributed by atoms with Gasteiger partial charge in [0, 0.05) is 6.54 Å². The molecule has 0 unspecified atom stereocenters. The second kappa shape index (κ2) is 8.26. The van der Waals surface area contributed by atoms with Crippen LogP contribution in [0.25, 0.3) is 10.2 Å². The normalized spacial score (nSPS) is 13.2. The fraction of sp³-hybridized carbons (Fsp3) is 0.174. The van der Waals surface area contributed by atoms with Crippen molar-refractivity contribution < 1.29 is 17.9 Å². The lowest BCUT2D eigenvalue weighted by Crippen LogP contribution is -2.35. The summed E-state index contributed by atoms with van der Waals surface area (Å²) in [5.74, 6) is -0.226. The van der Waals surface area contributed by atoms with E-state index in [-0.39, 0.29) is 16.2 Å². The summed E-state index contributed by atoms with van der Waals surface area (Å²) in [5.41, 5.74) is 3.67. The SMILES string of the molecule is COc1ccc(S(=O)(=O)N2CCc3ccccc32)cc1C(=O)Nn1c(C)nc2sccc2c1=O. The number of nitrogens with zero attached hydrogens (tertiary/aromatic N) is 3. The van der Waals surface area contributed by atoms with Crippen LogP contribution in [-0.4, -0.2) is 37.6 Å². The highest BCUT2D eigenvalue weighted by Gasteiger charge is 2.31. The summed E-state index contributed by atoms with van der Waals surface area (Å²) in [5, 5.41) is 2.13. The van der Waals surface area contributed by atoms with Crippen LogP contribution in [0, 0.1) is 6.92 Å². The molecular formula is C23H20N4O5S2. The van der Waals surface area contributed by atoms with E-state index in [1.807, 2.05) is 12.1 Å². The molecule has 1 amide bonds. The van der Waals surface area contributed by atoms with E-state index < -0.39 is 21.5 Å². The van der Waals surface area contributed by atoms with E-state index >= 15 is 0 Å². The fourth-order valence-corrected chi connectivity index (χ4v) is 6.35. The summed E-state index contributed by atoms with van der Waals surface area (Å²) >= 11 is 1.33. The first-order chi connectivity index (χ1) is 16.3. The first kappa shape index (κ1) is 22.1. The maximum absolute atomic E-state index is 13.4. The molecule has 0 fully saturated rings. The number of benzene rings is 2. The number of para-hydroxylation sites is 1. The van der Waals surface area contributed by atoms with Gasteiger partial charge in [0.05, 0.1) is 28.6 Å². The summed E-state index contributed by atoms with van der Waals surface area (Å²) in [6.07, 6.45) is 0.610. The zero-order valence-electron chi connectivity index (χ0n) is 18.3. The molecule has 0 aliphatic carbocycles. The van der Waals surface area contributed by atoms with Gasteiger partial charge in [0.1, 0.15) is 16.4 Å². The number of carbonyl (C=O) groups excluding carboxylic acids is 1. The Bertz CT molecular complexity index is 1610. The quantitative estimate of drug-likeness (QED) is 0.455. The van der Waals surface area contributed by atoms with Gasteiger partial charge in [-0.15, -0.1) is 11.3 Å². The molecule has 3 heterocycles. The van der Waals surface area contributed by atoms with Crippen LogP contribution in [0.4, 0.5) is 5.69 Å². The minimum atomic E-state index is -3.93. The number of rotatable bonds is 5. The van der Waals surface area contributed by atoms with Gasteiger partial charge in [-0.25, -0.2) is 18.1 Å². The lowest BCUT2D eigenvalue weighted by atomic mass is 10.2. The Morgan fingerprint density at radius 1 is 1.18 bits per heavy atom. The molecule has 0 spiro atoms. The van der Waals surface area contributed by atoms with Crippen LogP contribution in [0.1, 0.15) is 21.7 Å². The van der Waals surface area contributed by atoms with E-state index in [0.29, 0.717) is 34.7 Å². The van der Waals surface area contributed by atoms with Crippen molar-refractivity contribution in [2.45, 2.75) is 18.2 Å². The molecule has 5 rings (SSSR count). The maximum atomic E-state index is 13.4. The van der Waals surface area contributed by atoms with Gasteiger partial charge < -0.3 is 4.74 Å². The van der Waals surface area contributed by atoms with Crippen LogP contribution in [-0.2, 0) is 16.4 Å². The Balaban J connectivity index is 1.53. The van der Waals surface area contributed by atoms with Crippen LogP contribution >= 0.6 is 11.3 Å². The van der Waals surface area contributed by atoms with Gasteiger partial charge in [0.25, 0.3) is 21.5 Å². The first-order valence-corrected chi connectivity index (χ1v) is 12.7. The number of nitrogens with one attached hydrogen (secondary N) is 1. The highest BCUT2D eigenvalue weighted by atomic mass is 32.2. The smallest absolute Gasteiger partial charge is 0.281 e. The number of carbonyl (C=O) groups is 1. The number of aryl methyl sites for hydroxylation is 1. The van der Waals surface area contributed by atoms with E-state index in [1.54, 1.807) is 30.5 Å². The Hall–Kier alpha value is -3.70. The first-order valence-electron chi connectivity index (χ1n) is 10.4.